The minimum atomic E-state index is -0.180. The molecule has 0 spiro atoms. The van der Waals surface area contributed by atoms with Crippen molar-refractivity contribution in [3.63, 3.8) is 0 Å². The minimum Gasteiger partial charge on any atom is -0.326 e. The van der Waals surface area contributed by atoms with Crippen LogP contribution in [0.2, 0.25) is 0 Å². The largest absolute Gasteiger partial charge is 0.326 e. The summed E-state index contributed by atoms with van der Waals surface area (Å²) in [5.41, 5.74) is 3.12. The highest BCUT2D eigenvalue weighted by molar-refractivity contribution is 7.17. The number of nitrogens with zero attached hydrogens (tertiary/aromatic N) is 1. The van der Waals surface area contributed by atoms with Gasteiger partial charge in [-0.2, -0.15) is 11.3 Å². The summed E-state index contributed by atoms with van der Waals surface area (Å²) in [7, 11) is 0. The molecule has 3 aromatic rings. The first-order chi connectivity index (χ1) is 12.4. The number of aromatic nitrogens is 1. The number of carbonyl (C=O) groups is 2. The lowest BCUT2D eigenvalue weighted by molar-refractivity contribution is -0.118. The van der Waals surface area contributed by atoms with Gasteiger partial charge in [0.05, 0.1) is 5.69 Å². The lowest BCUT2D eigenvalue weighted by Crippen LogP contribution is -2.17. The zero-order chi connectivity index (χ0) is 18.7. The van der Waals surface area contributed by atoms with Gasteiger partial charge >= 0.3 is 0 Å². The van der Waals surface area contributed by atoms with E-state index in [-0.39, 0.29) is 17.7 Å². The smallest absolute Gasteiger partial charge is 0.267 e. The van der Waals surface area contributed by atoms with Crippen molar-refractivity contribution in [2.45, 2.75) is 20.8 Å². The third-order valence-electron chi connectivity index (χ3n) is 3.71. The van der Waals surface area contributed by atoms with Crippen LogP contribution in [0.25, 0.3) is 10.6 Å². The molecule has 5 nitrogen and oxygen atoms in total. The number of rotatable bonds is 5. The predicted octanol–water partition coefficient (Wildman–Crippen LogP) is 5.03. The molecule has 2 heterocycles. The van der Waals surface area contributed by atoms with Crippen LogP contribution in [0, 0.1) is 12.8 Å². The summed E-state index contributed by atoms with van der Waals surface area (Å²) < 4.78 is 0. The van der Waals surface area contributed by atoms with Crippen molar-refractivity contribution in [1.29, 1.82) is 0 Å². The van der Waals surface area contributed by atoms with Gasteiger partial charge in [-0.15, -0.1) is 11.3 Å². The molecule has 2 aromatic heterocycles. The molecule has 2 amide bonds. The standard InChI is InChI=1S/C19H19N3O2S2/c1-11(2)17(23)21-14-4-6-15(7-5-14)22-18(24)16-12(3)20-19(26-16)13-8-9-25-10-13/h4-11H,1-3H3,(H,21,23)(H,22,24). The Morgan fingerprint density at radius 2 is 1.69 bits per heavy atom. The van der Waals surface area contributed by atoms with Gasteiger partial charge in [0.15, 0.2) is 0 Å². The number of thiophene rings is 1. The second kappa shape index (κ2) is 7.80. The highest BCUT2D eigenvalue weighted by Crippen LogP contribution is 2.30. The van der Waals surface area contributed by atoms with Gasteiger partial charge in [0.1, 0.15) is 9.88 Å². The summed E-state index contributed by atoms with van der Waals surface area (Å²) in [6, 6.07) is 9.07. The van der Waals surface area contributed by atoms with Crippen LogP contribution in [0.4, 0.5) is 11.4 Å². The summed E-state index contributed by atoms with van der Waals surface area (Å²) in [4.78, 5) is 29.4. The maximum atomic E-state index is 12.6. The molecule has 134 valence electrons. The summed E-state index contributed by atoms with van der Waals surface area (Å²) >= 11 is 2.99. The van der Waals surface area contributed by atoms with E-state index >= 15 is 0 Å². The first-order valence-corrected chi connectivity index (χ1v) is 9.92. The number of amides is 2. The van der Waals surface area contributed by atoms with Crippen LogP contribution < -0.4 is 10.6 Å². The SMILES string of the molecule is Cc1nc(-c2ccsc2)sc1C(=O)Nc1ccc(NC(=O)C(C)C)cc1. The zero-order valence-corrected chi connectivity index (χ0v) is 16.3. The van der Waals surface area contributed by atoms with Crippen LogP contribution in [0.1, 0.15) is 29.2 Å². The second-order valence-corrected chi connectivity index (χ2v) is 7.90. The Kier molecular flexibility index (Phi) is 5.49. The van der Waals surface area contributed by atoms with Crippen LogP contribution in [-0.4, -0.2) is 16.8 Å². The Labute approximate surface area is 160 Å². The van der Waals surface area contributed by atoms with E-state index in [1.54, 1.807) is 35.6 Å². The first kappa shape index (κ1) is 18.3. The van der Waals surface area contributed by atoms with Crippen LogP contribution >= 0.6 is 22.7 Å². The molecular weight excluding hydrogens is 366 g/mol. The molecule has 0 aliphatic heterocycles. The number of thiazole rings is 1. The third-order valence-corrected chi connectivity index (χ3v) is 5.59. The van der Waals surface area contributed by atoms with Crippen molar-refractivity contribution < 1.29 is 9.59 Å². The first-order valence-electron chi connectivity index (χ1n) is 8.16. The van der Waals surface area contributed by atoms with Crippen molar-refractivity contribution in [2.75, 3.05) is 10.6 Å². The second-order valence-electron chi connectivity index (χ2n) is 6.12. The fraction of sp³-hybridized carbons (Fsp3) is 0.211. The highest BCUT2D eigenvalue weighted by Gasteiger charge is 2.16. The predicted molar refractivity (Wildman–Crippen MR) is 108 cm³/mol. The Balaban J connectivity index is 1.69. The molecule has 0 fully saturated rings. The molecule has 0 saturated heterocycles. The normalized spacial score (nSPS) is 10.8. The molecule has 26 heavy (non-hydrogen) atoms. The van der Waals surface area contributed by atoms with Gasteiger partial charge in [0, 0.05) is 28.2 Å². The van der Waals surface area contributed by atoms with E-state index < -0.39 is 0 Å². The summed E-state index contributed by atoms with van der Waals surface area (Å²) in [6.45, 7) is 5.52. The van der Waals surface area contributed by atoms with Crippen LogP contribution in [0.5, 0.6) is 0 Å². The van der Waals surface area contributed by atoms with Gasteiger partial charge < -0.3 is 10.6 Å². The van der Waals surface area contributed by atoms with Crippen molar-refractivity contribution in [2.24, 2.45) is 5.92 Å². The average Bonchev–Trinajstić information content (AvgIpc) is 3.25. The molecule has 0 unspecified atom stereocenters. The fourth-order valence-electron chi connectivity index (χ4n) is 2.23. The van der Waals surface area contributed by atoms with Crippen LogP contribution in [0.15, 0.2) is 41.1 Å². The molecule has 0 radical (unpaired) electrons. The average molecular weight is 386 g/mol. The van der Waals surface area contributed by atoms with Crippen molar-refractivity contribution in [1.82, 2.24) is 4.98 Å². The molecule has 7 heteroatoms. The molecule has 0 aliphatic rings. The molecule has 0 atom stereocenters. The maximum Gasteiger partial charge on any atom is 0.267 e. The maximum absolute atomic E-state index is 12.6. The summed E-state index contributed by atoms with van der Waals surface area (Å²) in [5.74, 6) is -0.301. The number of nitrogens with one attached hydrogen (secondary N) is 2. The lowest BCUT2D eigenvalue weighted by atomic mass is 10.2. The van der Waals surface area contributed by atoms with E-state index in [2.05, 4.69) is 15.6 Å². The Hall–Kier alpha value is -2.51. The number of hydrogen-bond donors (Lipinski definition) is 2. The third kappa shape index (κ3) is 4.17. The molecule has 3 rings (SSSR count). The van der Waals surface area contributed by atoms with Gasteiger partial charge in [-0.25, -0.2) is 4.98 Å². The van der Waals surface area contributed by atoms with E-state index in [4.69, 9.17) is 0 Å². The monoisotopic (exact) mass is 385 g/mol. The number of carbonyl (C=O) groups excluding carboxylic acids is 2. The van der Waals surface area contributed by atoms with Crippen molar-refractivity contribution >= 4 is 45.9 Å². The molecular formula is C19H19N3O2S2. The van der Waals surface area contributed by atoms with E-state index in [1.165, 1.54) is 11.3 Å². The number of hydrogen-bond acceptors (Lipinski definition) is 5. The van der Waals surface area contributed by atoms with Gasteiger partial charge in [0.2, 0.25) is 5.91 Å². The summed E-state index contributed by atoms with van der Waals surface area (Å²) in [5, 5.41) is 10.6. The summed E-state index contributed by atoms with van der Waals surface area (Å²) in [6.07, 6.45) is 0. The lowest BCUT2D eigenvalue weighted by Gasteiger charge is -2.09. The molecule has 1 aromatic carbocycles. The zero-order valence-electron chi connectivity index (χ0n) is 14.7. The minimum absolute atomic E-state index is 0.0389. The van der Waals surface area contributed by atoms with Crippen molar-refractivity contribution in [3.8, 4) is 10.6 Å². The molecule has 0 aliphatic carbocycles. The Bertz CT molecular complexity index is 913. The van der Waals surface area contributed by atoms with E-state index in [1.807, 2.05) is 37.6 Å². The van der Waals surface area contributed by atoms with Gasteiger partial charge in [-0.3, -0.25) is 9.59 Å². The van der Waals surface area contributed by atoms with E-state index in [0.29, 0.717) is 16.3 Å². The topological polar surface area (TPSA) is 71.1 Å². The van der Waals surface area contributed by atoms with Crippen molar-refractivity contribution in [3.05, 3.63) is 51.7 Å². The molecule has 0 bridgehead atoms. The van der Waals surface area contributed by atoms with E-state index in [0.717, 1.165) is 16.3 Å². The van der Waals surface area contributed by atoms with Gasteiger partial charge in [0.25, 0.3) is 5.91 Å². The number of benzene rings is 1. The van der Waals surface area contributed by atoms with Crippen LogP contribution in [0.3, 0.4) is 0 Å². The Morgan fingerprint density at radius 1 is 1.04 bits per heavy atom. The van der Waals surface area contributed by atoms with Crippen LogP contribution in [-0.2, 0) is 4.79 Å². The highest BCUT2D eigenvalue weighted by atomic mass is 32.1. The van der Waals surface area contributed by atoms with Gasteiger partial charge in [-0.05, 0) is 42.6 Å². The molecule has 0 saturated carbocycles. The fourth-order valence-corrected chi connectivity index (χ4v) is 3.90. The Morgan fingerprint density at radius 3 is 2.27 bits per heavy atom. The number of anilines is 2. The molecule has 2 N–H and O–H groups in total. The quantitative estimate of drug-likeness (QED) is 0.647. The van der Waals surface area contributed by atoms with Gasteiger partial charge in [-0.1, -0.05) is 13.8 Å². The number of aryl methyl sites for hydroxylation is 1. The van der Waals surface area contributed by atoms with E-state index in [9.17, 15) is 9.59 Å².